The van der Waals surface area contributed by atoms with Gasteiger partial charge in [-0.15, -0.1) is 0 Å². The summed E-state index contributed by atoms with van der Waals surface area (Å²) in [6, 6.07) is 16.6. The van der Waals surface area contributed by atoms with E-state index in [4.69, 9.17) is 4.74 Å². The lowest BCUT2D eigenvalue weighted by atomic mass is 10.1. The number of allylic oxidation sites excluding steroid dienone is 4. The van der Waals surface area contributed by atoms with E-state index in [2.05, 4.69) is 12.2 Å². The highest BCUT2D eigenvalue weighted by Gasteiger charge is 2.13. The van der Waals surface area contributed by atoms with Crippen LogP contribution in [0.25, 0.3) is 5.69 Å². The van der Waals surface area contributed by atoms with E-state index in [0.29, 0.717) is 18.0 Å². The van der Waals surface area contributed by atoms with Crippen molar-refractivity contribution in [2.45, 2.75) is 19.4 Å². The molecule has 2 aromatic carbocycles. The maximum atomic E-state index is 12.7. The summed E-state index contributed by atoms with van der Waals surface area (Å²) in [5, 5.41) is 0. The summed E-state index contributed by atoms with van der Waals surface area (Å²) >= 11 is 0.912. The van der Waals surface area contributed by atoms with Crippen LogP contribution in [-0.2, 0) is 6.54 Å². The quantitative estimate of drug-likeness (QED) is 0.671. The number of rotatable bonds is 5. The van der Waals surface area contributed by atoms with Gasteiger partial charge < -0.3 is 4.74 Å². The second-order valence-electron chi connectivity index (χ2n) is 6.19. The molecule has 0 N–H and O–H groups in total. The predicted molar refractivity (Wildman–Crippen MR) is 107 cm³/mol. The monoisotopic (exact) mass is 378 g/mol. The summed E-state index contributed by atoms with van der Waals surface area (Å²) in [6.45, 7) is 0.312. The average Bonchev–Trinajstić information content (AvgIpc) is 2.98. The van der Waals surface area contributed by atoms with Crippen molar-refractivity contribution in [2.24, 2.45) is 0 Å². The molecule has 5 nitrogen and oxygen atoms in total. The Labute approximate surface area is 160 Å². The highest BCUT2D eigenvalue weighted by atomic mass is 32.1. The molecule has 0 saturated carbocycles. The zero-order valence-corrected chi connectivity index (χ0v) is 15.4. The topological polar surface area (TPSA) is 53.2 Å². The molecule has 0 radical (unpaired) electrons. The maximum absolute atomic E-state index is 12.7. The minimum Gasteiger partial charge on any atom is -0.457 e. The van der Waals surface area contributed by atoms with E-state index in [9.17, 15) is 9.59 Å². The minimum atomic E-state index is -0.318. The Bertz CT molecular complexity index is 1100. The second kappa shape index (κ2) is 7.63. The molecule has 6 heteroatoms. The molecule has 4 rings (SSSR count). The van der Waals surface area contributed by atoms with Crippen molar-refractivity contribution >= 4 is 11.5 Å². The van der Waals surface area contributed by atoms with Crippen LogP contribution in [-0.4, -0.2) is 8.52 Å². The molecule has 0 spiro atoms. The number of benzene rings is 2. The van der Waals surface area contributed by atoms with Gasteiger partial charge in [0.2, 0.25) is 0 Å². The molecule has 0 amide bonds. The number of nitrogens with zero attached hydrogens (tertiary/aromatic N) is 2. The first-order chi connectivity index (χ1) is 13.2. The Morgan fingerprint density at radius 1 is 0.926 bits per heavy atom. The second-order valence-corrected chi connectivity index (χ2v) is 7.09. The van der Waals surface area contributed by atoms with Gasteiger partial charge in [0.15, 0.2) is 0 Å². The largest absolute Gasteiger partial charge is 0.457 e. The molecule has 0 aliphatic heterocycles. The van der Waals surface area contributed by atoms with E-state index in [1.165, 1.54) is 8.52 Å². The van der Waals surface area contributed by atoms with Crippen molar-refractivity contribution in [1.29, 1.82) is 0 Å². The third kappa shape index (κ3) is 3.85. The smallest absolute Gasteiger partial charge is 0.346 e. The van der Waals surface area contributed by atoms with E-state index in [0.717, 1.165) is 35.7 Å². The van der Waals surface area contributed by atoms with E-state index in [1.807, 2.05) is 36.4 Å². The standard InChI is InChI=1S/C21H18N2O3S/c24-20-22(15-16-7-3-1-4-8-16)21(25)27-23(20)17-11-13-19(14-12-17)26-18-9-5-2-6-10-18/h2-3,5-14H,1,4,15H2. The van der Waals surface area contributed by atoms with Crippen LogP contribution in [0.5, 0.6) is 11.5 Å². The number of para-hydroxylation sites is 1. The molecular formula is C21H18N2O3S. The van der Waals surface area contributed by atoms with Crippen LogP contribution < -0.4 is 15.3 Å². The van der Waals surface area contributed by atoms with Gasteiger partial charge in [0.05, 0.1) is 12.2 Å². The van der Waals surface area contributed by atoms with Gasteiger partial charge >= 0.3 is 10.6 Å². The lowest BCUT2D eigenvalue weighted by molar-refractivity contribution is 0.482. The first-order valence-electron chi connectivity index (χ1n) is 8.73. The first-order valence-corrected chi connectivity index (χ1v) is 9.50. The van der Waals surface area contributed by atoms with Crippen molar-refractivity contribution in [3.05, 3.63) is 98.6 Å². The Balaban J connectivity index is 1.57. The van der Waals surface area contributed by atoms with E-state index >= 15 is 0 Å². The molecule has 0 unspecified atom stereocenters. The summed E-state index contributed by atoms with van der Waals surface area (Å²) in [6.07, 6.45) is 8.07. The zero-order chi connectivity index (χ0) is 18.6. The van der Waals surface area contributed by atoms with Gasteiger partial charge in [-0.05, 0) is 54.8 Å². The molecule has 1 heterocycles. The Hall–Kier alpha value is -3.12. The molecule has 27 heavy (non-hydrogen) atoms. The van der Waals surface area contributed by atoms with Crippen LogP contribution in [0.15, 0.2) is 88.0 Å². The number of ether oxygens (including phenoxy) is 1. The Kier molecular flexibility index (Phi) is 4.89. The van der Waals surface area contributed by atoms with Gasteiger partial charge in [-0.25, -0.2) is 13.3 Å². The van der Waals surface area contributed by atoms with Crippen LogP contribution in [0.4, 0.5) is 0 Å². The Morgan fingerprint density at radius 3 is 2.37 bits per heavy atom. The van der Waals surface area contributed by atoms with Crippen molar-refractivity contribution < 1.29 is 4.74 Å². The molecule has 0 fully saturated rings. The van der Waals surface area contributed by atoms with Gasteiger partial charge in [0.25, 0.3) is 0 Å². The maximum Gasteiger partial charge on any atom is 0.346 e. The number of hydrogen-bond donors (Lipinski definition) is 0. The average molecular weight is 378 g/mol. The molecular weight excluding hydrogens is 360 g/mol. The van der Waals surface area contributed by atoms with E-state index < -0.39 is 0 Å². The molecule has 0 bridgehead atoms. The normalized spacial score (nSPS) is 13.4. The van der Waals surface area contributed by atoms with Crippen LogP contribution >= 0.6 is 11.5 Å². The summed E-state index contributed by atoms with van der Waals surface area (Å²) in [5.74, 6) is 1.41. The predicted octanol–water partition coefficient (Wildman–Crippen LogP) is 4.13. The Morgan fingerprint density at radius 2 is 1.67 bits per heavy atom. The first kappa shape index (κ1) is 17.3. The lowest BCUT2D eigenvalue weighted by Gasteiger charge is -2.07. The van der Waals surface area contributed by atoms with Crippen molar-refractivity contribution in [2.75, 3.05) is 0 Å². The molecule has 1 aliphatic rings. The van der Waals surface area contributed by atoms with Crippen LogP contribution in [0.1, 0.15) is 12.8 Å². The fourth-order valence-corrected chi connectivity index (χ4v) is 3.69. The van der Waals surface area contributed by atoms with Gasteiger partial charge in [-0.1, -0.05) is 36.4 Å². The summed E-state index contributed by atoms with van der Waals surface area (Å²) in [5.41, 5.74) is 1.33. The van der Waals surface area contributed by atoms with Crippen molar-refractivity contribution in [1.82, 2.24) is 8.52 Å². The summed E-state index contributed by atoms with van der Waals surface area (Å²) in [7, 11) is 0. The van der Waals surface area contributed by atoms with Gasteiger partial charge in [-0.2, -0.15) is 0 Å². The third-order valence-corrected chi connectivity index (χ3v) is 5.18. The molecule has 1 aromatic heterocycles. The van der Waals surface area contributed by atoms with Crippen molar-refractivity contribution in [3.8, 4) is 17.2 Å². The molecule has 0 saturated heterocycles. The summed E-state index contributed by atoms with van der Waals surface area (Å²) in [4.78, 5) is 24.7. The molecule has 0 atom stereocenters. The summed E-state index contributed by atoms with van der Waals surface area (Å²) < 4.78 is 8.46. The highest BCUT2D eigenvalue weighted by molar-refractivity contribution is 7.03. The van der Waals surface area contributed by atoms with E-state index in [1.54, 1.807) is 24.3 Å². The fraction of sp³-hybridized carbons (Fsp3) is 0.143. The number of aromatic nitrogens is 2. The van der Waals surface area contributed by atoms with Crippen LogP contribution in [0, 0.1) is 0 Å². The minimum absolute atomic E-state index is 0.260. The van der Waals surface area contributed by atoms with Crippen LogP contribution in [0.2, 0.25) is 0 Å². The third-order valence-electron chi connectivity index (χ3n) is 4.26. The van der Waals surface area contributed by atoms with E-state index in [-0.39, 0.29) is 10.6 Å². The van der Waals surface area contributed by atoms with Gasteiger partial charge in [0.1, 0.15) is 11.5 Å². The fourth-order valence-electron chi connectivity index (χ4n) is 2.89. The molecule has 136 valence electrons. The SMILES string of the molecule is O=c1sn(-c2ccc(Oc3ccccc3)cc2)c(=O)n1CC1=CCCC=C1. The lowest BCUT2D eigenvalue weighted by Crippen LogP contribution is -2.29. The zero-order valence-electron chi connectivity index (χ0n) is 14.6. The number of hydrogen-bond acceptors (Lipinski definition) is 4. The molecule has 3 aromatic rings. The highest BCUT2D eigenvalue weighted by Crippen LogP contribution is 2.22. The van der Waals surface area contributed by atoms with Crippen LogP contribution in [0.3, 0.4) is 0 Å². The van der Waals surface area contributed by atoms with Crippen molar-refractivity contribution in [3.63, 3.8) is 0 Å². The molecule has 1 aliphatic carbocycles. The van der Waals surface area contributed by atoms with Gasteiger partial charge in [0, 0.05) is 11.5 Å². The van der Waals surface area contributed by atoms with Gasteiger partial charge in [-0.3, -0.25) is 4.79 Å².